The summed E-state index contributed by atoms with van der Waals surface area (Å²) in [6.45, 7) is 18.5. The largest absolute Gasteiger partial charge is 0.313 e. The van der Waals surface area contributed by atoms with Crippen molar-refractivity contribution in [2.24, 2.45) is 11.3 Å². The lowest BCUT2D eigenvalue weighted by Gasteiger charge is -2.36. The summed E-state index contributed by atoms with van der Waals surface area (Å²) in [5, 5.41) is 3.79. The summed E-state index contributed by atoms with van der Waals surface area (Å²) in [7, 11) is 0. The molecule has 0 atom stereocenters. The third kappa shape index (κ3) is 6.09. The summed E-state index contributed by atoms with van der Waals surface area (Å²) < 4.78 is 0. The second-order valence-corrected chi connectivity index (χ2v) is 7.38. The van der Waals surface area contributed by atoms with E-state index in [1.165, 1.54) is 31.5 Å². The number of nitrogens with one attached hydrogen (secondary N) is 1. The van der Waals surface area contributed by atoms with Crippen LogP contribution in [-0.4, -0.2) is 37.1 Å². The fraction of sp³-hybridized carbons (Fsp3) is 0.882. The van der Waals surface area contributed by atoms with Crippen molar-refractivity contribution in [1.29, 1.82) is 0 Å². The number of likely N-dealkylation sites (tertiary alicyclic amines) is 1. The first-order valence-electron chi connectivity index (χ1n) is 7.90. The number of piperidine rings is 1. The fourth-order valence-electron chi connectivity index (χ4n) is 2.24. The molecule has 19 heavy (non-hydrogen) atoms. The molecule has 0 bridgehead atoms. The van der Waals surface area contributed by atoms with E-state index < -0.39 is 0 Å². The van der Waals surface area contributed by atoms with Crippen molar-refractivity contribution in [1.82, 2.24) is 10.2 Å². The Hall–Kier alpha value is -0.340. The van der Waals surface area contributed by atoms with Gasteiger partial charge in [0.1, 0.15) is 0 Å². The predicted molar refractivity (Wildman–Crippen MR) is 85.5 cm³/mol. The highest BCUT2D eigenvalue weighted by Crippen LogP contribution is 2.25. The van der Waals surface area contributed by atoms with E-state index in [1.807, 2.05) is 0 Å². The van der Waals surface area contributed by atoms with Crippen molar-refractivity contribution in [2.45, 2.75) is 60.4 Å². The molecule has 0 aromatic heterocycles. The Morgan fingerprint density at radius 1 is 1.26 bits per heavy atom. The molecule has 0 unspecified atom stereocenters. The first-order chi connectivity index (χ1) is 8.81. The van der Waals surface area contributed by atoms with Crippen LogP contribution in [0.25, 0.3) is 0 Å². The van der Waals surface area contributed by atoms with E-state index in [0.717, 1.165) is 25.0 Å². The summed E-state index contributed by atoms with van der Waals surface area (Å²) in [6.07, 6.45) is 4.94. The molecule has 112 valence electrons. The summed E-state index contributed by atoms with van der Waals surface area (Å²) >= 11 is 0. The molecule has 0 aliphatic carbocycles. The van der Waals surface area contributed by atoms with Crippen molar-refractivity contribution >= 4 is 0 Å². The van der Waals surface area contributed by atoms with Gasteiger partial charge in [0.2, 0.25) is 0 Å². The minimum absolute atomic E-state index is 0.402. The molecule has 1 rings (SSSR count). The van der Waals surface area contributed by atoms with E-state index in [-0.39, 0.29) is 0 Å². The van der Waals surface area contributed by atoms with Gasteiger partial charge in [-0.3, -0.25) is 4.90 Å². The van der Waals surface area contributed by atoms with Crippen LogP contribution in [0.4, 0.5) is 0 Å². The normalized spacial score (nSPS) is 18.9. The highest BCUT2D eigenvalue weighted by atomic mass is 15.1. The zero-order chi connectivity index (χ0) is 14.5. The van der Waals surface area contributed by atoms with Gasteiger partial charge in [0, 0.05) is 19.1 Å². The van der Waals surface area contributed by atoms with Crippen LogP contribution < -0.4 is 5.32 Å². The van der Waals surface area contributed by atoms with Gasteiger partial charge >= 0.3 is 0 Å². The maximum Gasteiger partial charge on any atom is 0.0165 e. The van der Waals surface area contributed by atoms with E-state index >= 15 is 0 Å². The van der Waals surface area contributed by atoms with Crippen molar-refractivity contribution < 1.29 is 0 Å². The highest BCUT2D eigenvalue weighted by molar-refractivity contribution is 4.95. The van der Waals surface area contributed by atoms with Crippen molar-refractivity contribution in [3.63, 3.8) is 0 Å². The average molecular weight is 266 g/mol. The van der Waals surface area contributed by atoms with Gasteiger partial charge in [-0.2, -0.15) is 0 Å². The molecule has 0 aromatic rings. The third-order valence-electron chi connectivity index (χ3n) is 4.75. The van der Waals surface area contributed by atoms with E-state index in [1.54, 1.807) is 0 Å². The fourth-order valence-corrected chi connectivity index (χ4v) is 2.24. The van der Waals surface area contributed by atoms with Crippen LogP contribution in [0.5, 0.6) is 0 Å². The van der Waals surface area contributed by atoms with E-state index in [0.29, 0.717) is 5.41 Å². The number of hydrogen-bond acceptors (Lipinski definition) is 2. The Balaban J connectivity index is 2.25. The Kier molecular flexibility index (Phi) is 6.55. The average Bonchev–Trinajstić information content (AvgIpc) is 2.35. The smallest absolute Gasteiger partial charge is 0.0165 e. The van der Waals surface area contributed by atoms with Crippen LogP contribution in [0.2, 0.25) is 0 Å². The van der Waals surface area contributed by atoms with Gasteiger partial charge in [0.25, 0.3) is 0 Å². The summed E-state index contributed by atoms with van der Waals surface area (Å²) in [4.78, 5) is 2.57. The lowest BCUT2D eigenvalue weighted by molar-refractivity contribution is 0.182. The van der Waals surface area contributed by atoms with Gasteiger partial charge in [-0.1, -0.05) is 39.3 Å². The van der Waals surface area contributed by atoms with Crippen LogP contribution >= 0.6 is 0 Å². The second-order valence-electron chi connectivity index (χ2n) is 7.38. The lowest BCUT2D eigenvalue weighted by Crippen LogP contribution is -2.46. The molecule has 1 N–H and O–H groups in total. The maximum atomic E-state index is 3.79. The molecule has 0 spiro atoms. The van der Waals surface area contributed by atoms with Crippen LogP contribution in [0.15, 0.2) is 11.6 Å². The molecule has 1 aliphatic rings. The monoisotopic (exact) mass is 266 g/mol. The molecule has 2 nitrogen and oxygen atoms in total. The Bertz CT molecular complexity index is 280. The van der Waals surface area contributed by atoms with Crippen LogP contribution in [0.3, 0.4) is 0 Å². The van der Waals surface area contributed by atoms with Crippen molar-refractivity contribution in [3.05, 3.63) is 11.6 Å². The predicted octanol–water partition coefficient (Wildman–Crippen LogP) is 3.69. The van der Waals surface area contributed by atoms with E-state index in [9.17, 15) is 0 Å². The van der Waals surface area contributed by atoms with Gasteiger partial charge in [0.05, 0.1) is 0 Å². The molecule has 2 heteroatoms. The standard InChI is InChI=1S/C17H34N2/c1-14(2)7-10-19-11-8-16(9-12-19)18-13-17(5,6)15(3)4/h7,15-16,18H,8-13H2,1-6H3. The Morgan fingerprint density at radius 2 is 1.84 bits per heavy atom. The summed E-state index contributed by atoms with van der Waals surface area (Å²) in [5.74, 6) is 0.734. The maximum absolute atomic E-state index is 3.79. The zero-order valence-electron chi connectivity index (χ0n) is 13.9. The molecule has 1 aliphatic heterocycles. The minimum atomic E-state index is 0.402. The molecule has 0 aromatic carbocycles. The van der Waals surface area contributed by atoms with Crippen molar-refractivity contribution in [2.75, 3.05) is 26.2 Å². The molecule has 0 saturated carbocycles. The Labute approximate surface area is 120 Å². The van der Waals surface area contributed by atoms with Crippen LogP contribution in [0.1, 0.15) is 54.4 Å². The molecule has 1 heterocycles. The summed E-state index contributed by atoms with van der Waals surface area (Å²) in [5.41, 5.74) is 1.83. The number of allylic oxidation sites excluding steroid dienone is 1. The van der Waals surface area contributed by atoms with Gasteiger partial charge in [0.15, 0.2) is 0 Å². The minimum Gasteiger partial charge on any atom is -0.313 e. The molecule has 0 radical (unpaired) electrons. The molecule has 1 fully saturated rings. The van der Waals surface area contributed by atoms with E-state index in [2.05, 4.69) is 57.8 Å². The lowest BCUT2D eigenvalue weighted by atomic mass is 9.81. The molecule has 1 saturated heterocycles. The number of rotatable bonds is 6. The quantitative estimate of drug-likeness (QED) is 0.738. The molecular weight excluding hydrogens is 232 g/mol. The Morgan fingerprint density at radius 3 is 2.32 bits per heavy atom. The molecule has 0 amide bonds. The number of nitrogens with zero attached hydrogens (tertiary/aromatic N) is 1. The highest BCUT2D eigenvalue weighted by Gasteiger charge is 2.25. The summed E-state index contributed by atoms with van der Waals surface area (Å²) in [6, 6.07) is 0.723. The molecular formula is C17H34N2. The second kappa shape index (κ2) is 7.44. The van der Waals surface area contributed by atoms with E-state index in [4.69, 9.17) is 0 Å². The van der Waals surface area contributed by atoms with Crippen molar-refractivity contribution in [3.8, 4) is 0 Å². The van der Waals surface area contributed by atoms with Gasteiger partial charge < -0.3 is 5.32 Å². The first-order valence-corrected chi connectivity index (χ1v) is 7.90. The zero-order valence-corrected chi connectivity index (χ0v) is 13.9. The van der Waals surface area contributed by atoms with Gasteiger partial charge in [-0.25, -0.2) is 0 Å². The number of hydrogen-bond donors (Lipinski definition) is 1. The van der Waals surface area contributed by atoms with Gasteiger partial charge in [-0.05, 0) is 51.1 Å². The van der Waals surface area contributed by atoms with Gasteiger partial charge in [-0.15, -0.1) is 0 Å². The SMILES string of the molecule is CC(C)=CCN1CCC(NCC(C)(C)C(C)C)CC1. The van der Waals surface area contributed by atoms with Crippen LogP contribution in [0, 0.1) is 11.3 Å². The third-order valence-corrected chi connectivity index (χ3v) is 4.75. The van der Waals surface area contributed by atoms with Crippen LogP contribution in [-0.2, 0) is 0 Å². The first kappa shape index (κ1) is 16.7. The topological polar surface area (TPSA) is 15.3 Å².